The van der Waals surface area contributed by atoms with Crippen molar-refractivity contribution in [3.8, 4) is 0 Å². The van der Waals surface area contributed by atoms with E-state index in [1.54, 1.807) is 24.3 Å². The smallest absolute Gasteiger partial charge is 0.123 e. The van der Waals surface area contributed by atoms with Crippen molar-refractivity contribution in [3.05, 3.63) is 71.3 Å². The highest BCUT2D eigenvalue weighted by Crippen LogP contribution is 2.09. The molecule has 0 bridgehead atoms. The van der Waals surface area contributed by atoms with E-state index < -0.39 is 0 Å². The number of hydrogen-bond acceptors (Lipinski definition) is 1. The lowest BCUT2D eigenvalue weighted by molar-refractivity contribution is 0.627. The second-order valence-electron chi connectivity index (χ2n) is 3.79. The molecule has 0 fully saturated rings. The average molecular weight is 231 g/mol. The van der Waals surface area contributed by atoms with Crippen LogP contribution in [0, 0.1) is 17.0 Å². The lowest BCUT2D eigenvalue weighted by atomic mass is 10.0. The second-order valence-corrected chi connectivity index (χ2v) is 3.79. The fraction of sp³-hybridized carbons (Fsp3) is 0.0714. The van der Waals surface area contributed by atoms with E-state index in [0.717, 1.165) is 5.56 Å². The van der Waals surface area contributed by atoms with Crippen LogP contribution in [0.15, 0.2) is 48.5 Å². The molecule has 0 spiro atoms. The van der Waals surface area contributed by atoms with Gasteiger partial charge in [0, 0.05) is 12.1 Å². The molecule has 2 aromatic carbocycles. The summed E-state index contributed by atoms with van der Waals surface area (Å²) in [6.45, 7) is 0. The Labute approximate surface area is 98.2 Å². The normalized spacial score (nSPS) is 10.2. The molecule has 0 aromatic heterocycles. The third-order valence-electron chi connectivity index (χ3n) is 2.49. The lowest BCUT2D eigenvalue weighted by Gasteiger charge is -2.04. The van der Waals surface area contributed by atoms with E-state index in [1.807, 2.05) is 0 Å². The number of rotatable bonds is 3. The Balaban J connectivity index is 2.11. The standard InChI is InChI=1S/C14H11F2N/c15-12-5-1-10(2-6-12)9-14(17)11-3-7-13(16)8-4-11/h1-8,17H,9H2. The predicted molar refractivity (Wildman–Crippen MR) is 63.3 cm³/mol. The molecule has 0 aliphatic carbocycles. The first-order chi connectivity index (χ1) is 8.15. The average Bonchev–Trinajstić information content (AvgIpc) is 2.33. The zero-order chi connectivity index (χ0) is 12.3. The van der Waals surface area contributed by atoms with Gasteiger partial charge in [-0.25, -0.2) is 8.78 Å². The Hall–Kier alpha value is -2.03. The molecule has 0 saturated carbocycles. The minimum absolute atomic E-state index is 0.290. The van der Waals surface area contributed by atoms with Crippen molar-refractivity contribution in [1.29, 1.82) is 5.41 Å². The number of benzene rings is 2. The monoisotopic (exact) mass is 231 g/mol. The topological polar surface area (TPSA) is 23.9 Å². The SMILES string of the molecule is N=C(Cc1ccc(F)cc1)c1ccc(F)cc1. The second kappa shape index (κ2) is 4.87. The van der Waals surface area contributed by atoms with Gasteiger partial charge in [0.05, 0.1) is 0 Å². The first-order valence-electron chi connectivity index (χ1n) is 5.23. The summed E-state index contributed by atoms with van der Waals surface area (Å²) in [5.74, 6) is -0.606. The van der Waals surface area contributed by atoms with Crippen LogP contribution in [-0.2, 0) is 6.42 Å². The molecule has 0 heterocycles. The van der Waals surface area contributed by atoms with Gasteiger partial charge < -0.3 is 5.41 Å². The van der Waals surface area contributed by atoms with Gasteiger partial charge in [-0.2, -0.15) is 0 Å². The summed E-state index contributed by atoms with van der Waals surface area (Å²) in [5, 5.41) is 7.88. The molecule has 1 nitrogen and oxygen atoms in total. The van der Waals surface area contributed by atoms with E-state index >= 15 is 0 Å². The molecule has 0 radical (unpaired) electrons. The fourth-order valence-electron chi connectivity index (χ4n) is 1.56. The molecule has 0 atom stereocenters. The minimum atomic E-state index is -0.316. The molecule has 0 unspecified atom stereocenters. The number of hydrogen-bond donors (Lipinski definition) is 1. The van der Waals surface area contributed by atoms with Crippen LogP contribution in [0.3, 0.4) is 0 Å². The van der Waals surface area contributed by atoms with Gasteiger partial charge in [0.1, 0.15) is 11.6 Å². The summed E-state index contributed by atoms with van der Waals surface area (Å²) in [6.07, 6.45) is 0.409. The summed E-state index contributed by atoms with van der Waals surface area (Å²) in [7, 11) is 0. The Morgan fingerprint density at radius 3 is 1.82 bits per heavy atom. The van der Waals surface area contributed by atoms with Crippen LogP contribution in [0.25, 0.3) is 0 Å². The molecule has 0 aliphatic heterocycles. The van der Waals surface area contributed by atoms with Crippen LogP contribution in [0.2, 0.25) is 0 Å². The molecule has 3 heteroatoms. The Bertz CT molecular complexity index is 515. The highest BCUT2D eigenvalue weighted by atomic mass is 19.1. The van der Waals surface area contributed by atoms with E-state index in [1.165, 1.54) is 24.3 Å². The Morgan fingerprint density at radius 2 is 1.29 bits per heavy atom. The summed E-state index contributed by atoms with van der Waals surface area (Å²) in [4.78, 5) is 0. The highest BCUT2D eigenvalue weighted by Gasteiger charge is 2.03. The van der Waals surface area contributed by atoms with Gasteiger partial charge in [0.25, 0.3) is 0 Å². The quantitative estimate of drug-likeness (QED) is 0.781. The molecule has 0 saturated heterocycles. The van der Waals surface area contributed by atoms with E-state index in [0.29, 0.717) is 17.7 Å². The predicted octanol–water partition coefficient (Wildman–Crippen LogP) is 3.58. The molecule has 0 amide bonds. The van der Waals surface area contributed by atoms with Gasteiger partial charge in [0.15, 0.2) is 0 Å². The summed E-state index contributed by atoms with van der Waals surface area (Å²) >= 11 is 0. The molecule has 86 valence electrons. The fourth-order valence-corrected chi connectivity index (χ4v) is 1.56. The maximum absolute atomic E-state index is 12.7. The third kappa shape index (κ3) is 2.97. The van der Waals surface area contributed by atoms with E-state index in [-0.39, 0.29) is 11.6 Å². The highest BCUT2D eigenvalue weighted by molar-refractivity contribution is 5.99. The number of halogens is 2. The van der Waals surface area contributed by atoms with Crippen molar-refractivity contribution in [2.75, 3.05) is 0 Å². The Morgan fingerprint density at radius 1 is 0.824 bits per heavy atom. The zero-order valence-corrected chi connectivity index (χ0v) is 9.08. The molecular formula is C14H11F2N. The Kier molecular flexibility index (Phi) is 3.28. The van der Waals surface area contributed by atoms with Crippen molar-refractivity contribution >= 4 is 5.71 Å². The maximum Gasteiger partial charge on any atom is 0.123 e. The van der Waals surface area contributed by atoms with Crippen molar-refractivity contribution < 1.29 is 8.78 Å². The molecule has 2 aromatic rings. The molecule has 17 heavy (non-hydrogen) atoms. The van der Waals surface area contributed by atoms with Gasteiger partial charge in [-0.3, -0.25) is 0 Å². The largest absolute Gasteiger partial charge is 0.304 e. The van der Waals surface area contributed by atoms with Crippen LogP contribution in [-0.4, -0.2) is 5.71 Å². The minimum Gasteiger partial charge on any atom is -0.304 e. The zero-order valence-electron chi connectivity index (χ0n) is 9.08. The summed E-state index contributed by atoms with van der Waals surface area (Å²) in [6, 6.07) is 11.8. The van der Waals surface area contributed by atoms with Crippen molar-refractivity contribution in [1.82, 2.24) is 0 Å². The lowest BCUT2D eigenvalue weighted by Crippen LogP contribution is -2.03. The van der Waals surface area contributed by atoms with Gasteiger partial charge in [-0.15, -0.1) is 0 Å². The van der Waals surface area contributed by atoms with Gasteiger partial charge in [-0.1, -0.05) is 24.3 Å². The van der Waals surface area contributed by atoms with Crippen LogP contribution < -0.4 is 0 Å². The van der Waals surface area contributed by atoms with E-state index in [2.05, 4.69) is 0 Å². The molecule has 1 N–H and O–H groups in total. The summed E-state index contributed by atoms with van der Waals surface area (Å²) < 4.78 is 25.4. The van der Waals surface area contributed by atoms with E-state index in [4.69, 9.17) is 5.41 Å². The molecule has 2 rings (SSSR count). The van der Waals surface area contributed by atoms with Gasteiger partial charge in [0.2, 0.25) is 0 Å². The van der Waals surface area contributed by atoms with Crippen LogP contribution >= 0.6 is 0 Å². The number of nitrogens with one attached hydrogen (secondary N) is 1. The maximum atomic E-state index is 12.7. The third-order valence-corrected chi connectivity index (χ3v) is 2.49. The van der Waals surface area contributed by atoms with E-state index in [9.17, 15) is 8.78 Å². The van der Waals surface area contributed by atoms with Crippen molar-refractivity contribution in [2.24, 2.45) is 0 Å². The van der Waals surface area contributed by atoms with Crippen LogP contribution in [0.5, 0.6) is 0 Å². The summed E-state index contributed by atoms with van der Waals surface area (Å²) in [5.41, 5.74) is 1.92. The molecule has 0 aliphatic rings. The van der Waals surface area contributed by atoms with Crippen LogP contribution in [0.4, 0.5) is 8.78 Å². The van der Waals surface area contributed by atoms with Crippen LogP contribution in [0.1, 0.15) is 11.1 Å². The van der Waals surface area contributed by atoms with Gasteiger partial charge in [-0.05, 0) is 35.4 Å². The van der Waals surface area contributed by atoms with Crippen molar-refractivity contribution in [3.63, 3.8) is 0 Å². The molecular weight excluding hydrogens is 220 g/mol. The first kappa shape index (κ1) is 11.5. The van der Waals surface area contributed by atoms with Crippen molar-refractivity contribution in [2.45, 2.75) is 6.42 Å². The van der Waals surface area contributed by atoms with Gasteiger partial charge >= 0.3 is 0 Å². The first-order valence-corrected chi connectivity index (χ1v) is 5.23.